The zero-order valence-corrected chi connectivity index (χ0v) is 13.4. The van der Waals surface area contributed by atoms with Crippen molar-refractivity contribution in [2.24, 2.45) is 11.5 Å². The lowest BCUT2D eigenvalue weighted by atomic mass is 9.93. The molecule has 0 aliphatic carbocycles. The van der Waals surface area contributed by atoms with Crippen molar-refractivity contribution in [3.05, 3.63) is 48.0 Å². The highest BCUT2D eigenvalue weighted by molar-refractivity contribution is 7.89. The van der Waals surface area contributed by atoms with Crippen molar-refractivity contribution in [1.29, 1.82) is 0 Å². The summed E-state index contributed by atoms with van der Waals surface area (Å²) in [6, 6.07) is 13.7. The van der Waals surface area contributed by atoms with Crippen molar-refractivity contribution in [2.45, 2.75) is 12.0 Å². The predicted molar refractivity (Wildman–Crippen MR) is 89.1 cm³/mol. The molecule has 0 aromatic heterocycles. The minimum absolute atomic E-state index is 0.0180. The molecule has 122 valence electrons. The van der Waals surface area contributed by atoms with E-state index >= 15 is 0 Å². The second kappa shape index (κ2) is 5.59. The topological polar surface area (TPSA) is 106 Å². The van der Waals surface area contributed by atoms with Crippen LogP contribution in [0.4, 0.5) is 0 Å². The standard InChI is InChI=1S/C16H19N3O3S/c17-15(20)16(18)10-19(11-16)23(21,22)9-8-13-6-3-5-12-4-1-2-7-14(12)13/h1-7H,8-11,18H2,(H2,17,20). The van der Waals surface area contributed by atoms with Crippen LogP contribution in [0.25, 0.3) is 10.8 Å². The second-order valence-electron chi connectivity index (χ2n) is 5.99. The van der Waals surface area contributed by atoms with Gasteiger partial charge in [0.2, 0.25) is 15.9 Å². The maximum absolute atomic E-state index is 12.4. The molecule has 1 aliphatic rings. The smallest absolute Gasteiger partial charge is 0.240 e. The first kappa shape index (κ1) is 15.9. The van der Waals surface area contributed by atoms with Gasteiger partial charge in [0.15, 0.2) is 0 Å². The van der Waals surface area contributed by atoms with Crippen LogP contribution in [0.5, 0.6) is 0 Å². The molecule has 6 nitrogen and oxygen atoms in total. The molecule has 0 saturated carbocycles. The minimum Gasteiger partial charge on any atom is -0.368 e. The molecule has 3 rings (SSSR count). The van der Waals surface area contributed by atoms with Gasteiger partial charge in [0.1, 0.15) is 5.54 Å². The van der Waals surface area contributed by atoms with E-state index in [0.29, 0.717) is 6.42 Å². The molecule has 2 aromatic rings. The fraction of sp³-hybridized carbons (Fsp3) is 0.312. The van der Waals surface area contributed by atoms with Gasteiger partial charge in [-0.15, -0.1) is 0 Å². The molecule has 23 heavy (non-hydrogen) atoms. The van der Waals surface area contributed by atoms with Gasteiger partial charge >= 0.3 is 0 Å². The maximum atomic E-state index is 12.4. The van der Waals surface area contributed by atoms with Crippen LogP contribution in [-0.2, 0) is 21.2 Å². The number of nitrogens with two attached hydrogens (primary N) is 2. The van der Waals surface area contributed by atoms with E-state index in [1.54, 1.807) is 0 Å². The molecule has 1 heterocycles. The molecule has 2 aromatic carbocycles. The molecule has 1 amide bonds. The summed E-state index contributed by atoms with van der Waals surface area (Å²) in [5.74, 6) is -0.687. The lowest BCUT2D eigenvalue weighted by molar-refractivity contribution is -0.126. The van der Waals surface area contributed by atoms with E-state index in [2.05, 4.69) is 0 Å². The zero-order valence-electron chi connectivity index (χ0n) is 12.6. The SMILES string of the molecule is NC(=O)C1(N)CN(S(=O)(=O)CCc2cccc3ccccc23)C1. The van der Waals surface area contributed by atoms with Crippen molar-refractivity contribution >= 4 is 26.7 Å². The molecule has 7 heteroatoms. The highest BCUT2D eigenvalue weighted by Crippen LogP contribution is 2.24. The minimum atomic E-state index is -3.45. The fourth-order valence-corrected chi connectivity index (χ4v) is 4.40. The third kappa shape index (κ3) is 2.95. The average Bonchev–Trinajstić information content (AvgIpc) is 2.49. The van der Waals surface area contributed by atoms with Gasteiger partial charge in [-0.05, 0) is 22.8 Å². The molecule has 0 radical (unpaired) electrons. The number of fused-ring (bicyclic) bond motifs is 1. The Morgan fingerprint density at radius 2 is 1.78 bits per heavy atom. The number of carbonyl (C=O) groups excluding carboxylic acids is 1. The van der Waals surface area contributed by atoms with Crippen LogP contribution >= 0.6 is 0 Å². The zero-order chi connectivity index (χ0) is 16.7. The Morgan fingerprint density at radius 1 is 1.13 bits per heavy atom. The van der Waals surface area contributed by atoms with Crippen LogP contribution in [0.15, 0.2) is 42.5 Å². The summed E-state index contributed by atoms with van der Waals surface area (Å²) in [7, 11) is -3.45. The van der Waals surface area contributed by atoms with Gasteiger partial charge in [-0.3, -0.25) is 4.79 Å². The van der Waals surface area contributed by atoms with Gasteiger partial charge in [0, 0.05) is 13.1 Å². The first-order valence-electron chi connectivity index (χ1n) is 7.35. The molecule has 0 spiro atoms. The number of rotatable bonds is 5. The summed E-state index contributed by atoms with van der Waals surface area (Å²) >= 11 is 0. The number of carbonyl (C=O) groups is 1. The lowest BCUT2D eigenvalue weighted by Gasteiger charge is -2.44. The highest BCUT2D eigenvalue weighted by Gasteiger charge is 2.49. The number of sulfonamides is 1. The van der Waals surface area contributed by atoms with Crippen LogP contribution in [0.1, 0.15) is 5.56 Å². The molecular weight excluding hydrogens is 314 g/mol. The molecule has 1 fully saturated rings. The predicted octanol–water partition coefficient (Wildman–Crippen LogP) is 0.211. The number of amides is 1. The normalized spacial score (nSPS) is 17.8. The summed E-state index contributed by atoms with van der Waals surface area (Å²) in [5.41, 5.74) is 10.7. The average molecular weight is 333 g/mol. The quantitative estimate of drug-likeness (QED) is 0.815. The molecule has 1 aliphatic heterocycles. The largest absolute Gasteiger partial charge is 0.368 e. The van der Waals surface area contributed by atoms with Crippen LogP contribution in [-0.4, -0.2) is 43.0 Å². The van der Waals surface area contributed by atoms with Crippen molar-refractivity contribution < 1.29 is 13.2 Å². The number of hydrogen-bond donors (Lipinski definition) is 2. The Labute approximate surface area is 135 Å². The van der Waals surface area contributed by atoms with E-state index in [-0.39, 0.29) is 18.8 Å². The third-order valence-electron chi connectivity index (χ3n) is 4.31. The van der Waals surface area contributed by atoms with E-state index < -0.39 is 21.5 Å². The van der Waals surface area contributed by atoms with Crippen molar-refractivity contribution in [2.75, 3.05) is 18.8 Å². The molecule has 4 N–H and O–H groups in total. The summed E-state index contributed by atoms with van der Waals surface area (Å²) in [6.07, 6.45) is 0.411. The molecule has 0 unspecified atom stereocenters. The first-order valence-corrected chi connectivity index (χ1v) is 8.96. The van der Waals surface area contributed by atoms with Crippen LogP contribution in [0.2, 0.25) is 0 Å². The van der Waals surface area contributed by atoms with E-state index in [4.69, 9.17) is 11.5 Å². The fourth-order valence-electron chi connectivity index (χ4n) is 2.81. The van der Waals surface area contributed by atoms with E-state index in [9.17, 15) is 13.2 Å². The Morgan fingerprint density at radius 3 is 2.48 bits per heavy atom. The van der Waals surface area contributed by atoms with Gasteiger partial charge in [0.05, 0.1) is 5.75 Å². The second-order valence-corrected chi connectivity index (χ2v) is 8.08. The van der Waals surface area contributed by atoms with Crippen LogP contribution < -0.4 is 11.5 Å². The Hall–Kier alpha value is -1.96. The van der Waals surface area contributed by atoms with Crippen LogP contribution in [0.3, 0.4) is 0 Å². The van der Waals surface area contributed by atoms with Crippen molar-refractivity contribution in [1.82, 2.24) is 4.31 Å². The number of aryl methyl sites for hydroxylation is 1. The van der Waals surface area contributed by atoms with Gasteiger partial charge in [-0.2, -0.15) is 4.31 Å². The maximum Gasteiger partial charge on any atom is 0.240 e. The number of hydrogen-bond acceptors (Lipinski definition) is 4. The molecule has 0 bridgehead atoms. The Bertz CT molecular complexity index is 853. The van der Waals surface area contributed by atoms with E-state index in [0.717, 1.165) is 16.3 Å². The summed E-state index contributed by atoms with van der Waals surface area (Å²) in [4.78, 5) is 11.2. The van der Waals surface area contributed by atoms with Gasteiger partial charge in [-0.25, -0.2) is 8.42 Å². The number of benzene rings is 2. The van der Waals surface area contributed by atoms with E-state index in [1.165, 1.54) is 4.31 Å². The van der Waals surface area contributed by atoms with Crippen molar-refractivity contribution in [3.63, 3.8) is 0 Å². The summed E-state index contributed by atoms with van der Waals surface area (Å²) in [5, 5.41) is 2.14. The van der Waals surface area contributed by atoms with Crippen LogP contribution in [0, 0.1) is 0 Å². The molecule has 1 saturated heterocycles. The Kier molecular flexibility index (Phi) is 3.87. The highest BCUT2D eigenvalue weighted by atomic mass is 32.2. The monoisotopic (exact) mass is 333 g/mol. The van der Waals surface area contributed by atoms with Gasteiger partial charge in [0.25, 0.3) is 0 Å². The van der Waals surface area contributed by atoms with E-state index in [1.807, 2.05) is 42.5 Å². The number of primary amides is 1. The number of nitrogens with zero attached hydrogens (tertiary/aromatic N) is 1. The lowest BCUT2D eigenvalue weighted by Crippen LogP contribution is -2.74. The summed E-state index contributed by atoms with van der Waals surface area (Å²) in [6.45, 7) is -0.0829. The third-order valence-corrected chi connectivity index (χ3v) is 6.08. The van der Waals surface area contributed by atoms with Gasteiger partial charge in [-0.1, -0.05) is 42.5 Å². The Balaban J connectivity index is 1.72. The molecule has 0 atom stereocenters. The van der Waals surface area contributed by atoms with Crippen molar-refractivity contribution in [3.8, 4) is 0 Å². The molecular formula is C16H19N3O3S. The van der Waals surface area contributed by atoms with Gasteiger partial charge < -0.3 is 11.5 Å². The summed E-state index contributed by atoms with van der Waals surface area (Å²) < 4.78 is 25.9. The first-order chi connectivity index (χ1) is 10.8.